The molecule has 5 heteroatoms. The summed E-state index contributed by atoms with van der Waals surface area (Å²) < 4.78 is 0. The lowest BCUT2D eigenvalue weighted by Gasteiger charge is -2.16. The first-order valence-corrected chi connectivity index (χ1v) is 7.31. The first kappa shape index (κ1) is 13.8. The van der Waals surface area contributed by atoms with Gasteiger partial charge in [0.1, 0.15) is 5.69 Å². The molecule has 21 heavy (non-hydrogen) atoms. The van der Waals surface area contributed by atoms with E-state index < -0.39 is 0 Å². The van der Waals surface area contributed by atoms with Gasteiger partial charge in [0.05, 0.1) is 17.6 Å². The number of anilines is 1. The van der Waals surface area contributed by atoms with Gasteiger partial charge < -0.3 is 5.32 Å². The van der Waals surface area contributed by atoms with E-state index >= 15 is 0 Å². The minimum Gasteiger partial charge on any atom is -0.323 e. The molecule has 0 bridgehead atoms. The maximum atomic E-state index is 12.4. The molecule has 2 N–H and O–H groups in total. The summed E-state index contributed by atoms with van der Waals surface area (Å²) in [5.74, 6) is 0.172. The number of amides is 1. The van der Waals surface area contributed by atoms with Crippen molar-refractivity contribution in [1.82, 2.24) is 15.2 Å². The SMILES string of the molecule is CC1(C)CCC(C(=O)Nc2cn[nH]c2-c2ccccn2)C1. The zero-order chi connectivity index (χ0) is 14.9. The van der Waals surface area contributed by atoms with Crippen LogP contribution in [-0.2, 0) is 4.79 Å². The molecular weight excluding hydrogens is 264 g/mol. The van der Waals surface area contributed by atoms with Crippen molar-refractivity contribution in [1.29, 1.82) is 0 Å². The number of nitrogens with one attached hydrogen (secondary N) is 2. The lowest BCUT2D eigenvalue weighted by molar-refractivity contribution is -0.119. The highest BCUT2D eigenvalue weighted by Crippen LogP contribution is 2.41. The third kappa shape index (κ3) is 2.96. The summed E-state index contributed by atoms with van der Waals surface area (Å²) in [4.78, 5) is 16.7. The minimum atomic E-state index is 0.0826. The lowest BCUT2D eigenvalue weighted by Crippen LogP contribution is -2.21. The molecule has 0 spiro atoms. The molecule has 1 fully saturated rings. The van der Waals surface area contributed by atoms with E-state index in [9.17, 15) is 4.79 Å². The van der Waals surface area contributed by atoms with E-state index in [-0.39, 0.29) is 17.2 Å². The van der Waals surface area contributed by atoms with Crippen LogP contribution in [0.15, 0.2) is 30.6 Å². The van der Waals surface area contributed by atoms with Crippen LogP contribution in [0.25, 0.3) is 11.4 Å². The van der Waals surface area contributed by atoms with E-state index in [1.54, 1.807) is 12.4 Å². The molecule has 0 aromatic carbocycles. The van der Waals surface area contributed by atoms with Crippen LogP contribution in [0.4, 0.5) is 5.69 Å². The van der Waals surface area contributed by atoms with Gasteiger partial charge in [0.25, 0.3) is 0 Å². The molecule has 1 amide bonds. The number of carbonyl (C=O) groups is 1. The Morgan fingerprint density at radius 1 is 1.43 bits per heavy atom. The van der Waals surface area contributed by atoms with Gasteiger partial charge in [-0.1, -0.05) is 19.9 Å². The van der Waals surface area contributed by atoms with Crippen molar-refractivity contribution in [2.24, 2.45) is 11.3 Å². The number of aromatic nitrogens is 3. The molecule has 2 heterocycles. The fourth-order valence-electron chi connectivity index (χ4n) is 2.98. The number of H-pyrrole nitrogens is 1. The second kappa shape index (κ2) is 5.31. The molecular formula is C16H20N4O. The average molecular weight is 284 g/mol. The van der Waals surface area contributed by atoms with Crippen LogP contribution < -0.4 is 5.32 Å². The van der Waals surface area contributed by atoms with Crippen LogP contribution in [0.2, 0.25) is 0 Å². The molecule has 0 saturated heterocycles. The van der Waals surface area contributed by atoms with Gasteiger partial charge in [0, 0.05) is 12.1 Å². The predicted octanol–water partition coefficient (Wildman–Crippen LogP) is 3.24. The fraction of sp³-hybridized carbons (Fsp3) is 0.438. The highest BCUT2D eigenvalue weighted by atomic mass is 16.1. The number of hydrogen-bond donors (Lipinski definition) is 2. The molecule has 1 aliphatic rings. The normalized spacial score (nSPS) is 20.4. The number of aromatic amines is 1. The van der Waals surface area contributed by atoms with E-state index in [4.69, 9.17) is 0 Å². The first-order valence-electron chi connectivity index (χ1n) is 7.31. The number of hydrogen-bond acceptors (Lipinski definition) is 3. The molecule has 1 unspecified atom stereocenters. The molecule has 0 aliphatic heterocycles. The lowest BCUT2D eigenvalue weighted by atomic mass is 9.90. The second-order valence-corrected chi connectivity index (χ2v) is 6.47. The van der Waals surface area contributed by atoms with E-state index in [0.717, 1.165) is 30.7 Å². The van der Waals surface area contributed by atoms with Crippen molar-refractivity contribution < 1.29 is 4.79 Å². The molecule has 0 radical (unpaired) electrons. The zero-order valence-electron chi connectivity index (χ0n) is 12.4. The number of pyridine rings is 1. The summed E-state index contributed by atoms with van der Waals surface area (Å²) in [7, 11) is 0. The molecule has 5 nitrogen and oxygen atoms in total. The Bertz CT molecular complexity index is 633. The topological polar surface area (TPSA) is 70.7 Å². The Morgan fingerprint density at radius 2 is 2.29 bits per heavy atom. The van der Waals surface area contributed by atoms with Gasteiger partial charge in [-0.15, -0.1) is 0 Å². The predicted molar refractivity (Wildman–Crippen MR) is 81.6 cm³/mol. The maximum Gasteiger partial charge on any atom is 0.227 e. The molecule has 1 atom stereocenters. The van der Waals surface area contributed by atoms with Crippen molar-refractivity contribution >= 4 is 11.6 Å². The van der Waals surface area contributed by atoms with Crippen LogP contribution >= 0.6 is 0 Å². The van der Waals surface area contributed by atoms with Crippen LogP contribution in [0.3, 0.4) is 0 Å². The van der Waals surface area contributed by atoms with E-state index in [0.29, 0.717) is 5.69 Å². The molecule has 110 valence electrons. The minimum absolute atomic E-state index is 0.0826. The van der Waals surface area contributed by atoms with Gasteiger partial charge in [-0.3, -0.25) is 14.9 Å². The molecule has 2 aromatic rings. The third-order valence-corrected chi connectivity index (χ3v) is 4.16. The average Bonchev–Trinajstić information content (AvgIpc) is 3.06. The van der Waals surface area contributed by atoms with Gasteiger partial charge in [-0.2, -0.15) is 5.10 Å². The Morgan fingerprint density at radius 3 is 2.95 bits per heavy atom. The summed E-state index contributed by atoms with van der Waals surface area (Å²) in [6.07, 6.45) is 6.36. The van der Waals surface area contributed by atoms with Crippen molar-refractivity contribution in [3.05, 3.63) is 30.6 Å². The van der Waals surface area contributed by atoms with E-state index in [2.05, 4.69) is 34.3 Å². The molecule has 2 aromatic heterocycles. The standard InChI is InChI=1S/C16H20N4O/c1-16(2)7-6-11(9-16)15(21)19-13-10-18-20-14(13)12-5-3-4-8-17-12/h3-5,8,10-11H,6-7,9H2,1-2H3,(H,18,20)(H,19,21). The quantitative estimate of drug-likeness (QED) is 0.909. The van der Waals surface area contributed by atoms with E-state index in [1.165, 1.54) is 0 Å². The van der Waals surface area contributed by atoms with Crippen molar-refractivity contribution in [2.75, 3.05) is 5.32 Å². The van der Waals surface area contributed by atoms with Crippen LogP contribution in [0, 0.1) is 11.3 Å². The van der Waals surface area contributed by atoms with Crippen molar-refractivity contribution in [2.45, 2.75) is 33.1 Å². The van der Waals surface area contributed by atoms with Gasteiger partial charge in [-0.05, 0) is 36.8 Å². The Labute approximate surface area is 124 Å². The van der Waals surface area contributed by atoms with E-state index in [1.807, 2.05) is 18.2 Å². The van der Waals surface area contributed by atoms with Crippen LogP contribution in [0.1, 0.15) is 33.1 Å². The van der Waals surface area contributed by atoms with Gasteiger partial charge in [0.2, 0.25) is 5.91 Å². The molecule has 3 rings (SSSR count). The van der Waals surface area contributed by atoms with Crippen LogP contribution in [-0.4, -0.2) is 21.1 Å². The van der Waals surface area contributed by atoms with Gasteiger partial charge in [-0.25, -0.2) is 0 Å². The Kier molecular flexibility index (Phi) is 3.49. The molecule has 1 aliphatic carbocycles. The molecule has 1 saturated carbocycles. The van der Waals surface area contributed by atoms with Crippen molar-refractivity contribution in [3.63, 3.8) is 0 Å². The zero-order valence-corrected chi connectivity index (χ0v) is 12.4. The van der Waals surface area contributed by atoms with Gasteiger partial charge >= 0.3 is 0 Å². The Hall–Kier alpha value is -2.17. The highest BCUT2D eigenvalue weighted by molar-refractivity contribution is 5.95. The monoisotopic (exact) mass is 284 g/mol. The largest absolute Gasteiger partial charge is 0.323 e. The first-order chi connectivity index (χ1) is 10.1. The smallest absolute Gasteiger partial charge is 0.227 e. The highest BCUT2D eigenvalue weighted by Gasteiger charge is 2.35. The third-order valence-electron chi connectivity index (χ3n) is 4.16. The number of nitrogens with zero attached hydrogens (tertiary/aromatic N) is 2. The summed E-state index contributed by atoms with van der Waals surface area (Å²) in [5.41, 5.74) is 2.49. The van der Waals surface area contributed by atoms with Gasteiger partial charge in [0.15, 0.2) is 0 Å². The number of carbonyl (C=O) groups excluding carboxylic acids is 1. The van der Waals surface area contributed by atoms with Crippen molar-refractivity contribution in [3.8, 4) is 11.4 Å². The maximum absolute atomic E-state index is 12.4. The number of rotatable bonds is 3. The fourth-order valence-corrected chi connectivity index (χ4v) is 2.98. The summed E-state index contributed by atoms with van der Waals surface area (Å²) >= 11 is 0. The Balaban J connectivity index is 1.75. The summed E-state index contributed by atoms with van der Waals surface area (Å²) in [5, 5.41) is 9.93. The summed E-state index contributed by atoms with van der Waals surface area (Å²) in [6, 6.07) is 5.66. The second-order valence-electron chi connectivity index (χ2n) is 6.47. The van der Waals surface area contributed by atoms with Crippen LogP contribution in [0.5, 0.6) is 0 Å². The summed E-state index contributed by atoms with van der Waals surface area (Å²) in [6.45, 7) is 4.44.